The van der Waals surface area contributed by atoms with Gasteiger partial charge in [0.25, 0.3) is 0 Å². The molecule has 0 heterocycles. The number of aryl methyl sites for hydroxylation is 1. The highest BCUT2D eigenvalue weighted by molar-refractivity contribution is 5.46. The maximum absolute atomic E-state index is 14.1. The molecule has 1 aliphatic rings. The molecule has 0 bridgehead atoms. The summed E-state index contributed by atoms with van der Waals surface area (Å²) in [5, 5.41) is 9.02. The van der Waals surface area contributed by atoms with Gasteiger partial charge in [0, 0.05) is 6.07 Å². The molecule has 0 amide bonds. The van der Waals surface area contributed by atoms with Crippen LogP contribution in [-0.4, -0.2) is 7.11 Å². The Morgan fingerprint density at radius 3 is 2.59 bits per heavy atom. The Morgan fingerprint density at radius 2 is 2.05 bits per heavy atom. The normalized spacial score (nSPS) is 20.7. The van der Waals surface area contributed by atoms with Crippen molar-refractivity contribution in [2.24, 2.45) is 5.41 Å². The number of benzene rings is 1. The van der Waals surface area contributed by atoms with Crippen LogP contribution in [0.25, 0.3) is 0 Å². The topological polar surface area (TPSA) is 42.2 Å². The van der Waals surface area contributed by atoms with Crippen LogP contribution in [0.1, 0.15) is 25.8 Å². The average Bonchev–Trinajstić information content (AvgIpc) is 2.50. The summed E-state index contributed by atoms with van der Waals surface area (Å²) in [6, 6.07) is 4.76. The summed E-state index contributed by atoms with van der Waals surface area (Å²) in [5.41, 5.74) is -0.395. The minimum absolute atomic E-state index is 0.0327. The van der Waals surface area contributed by atoms with E-state index in [0.29, 0.717) is 24.2 Å². The largest absolute Gasteiger partial charge is 0.493 e. The fourth-order valence-electron chi connectivity index (χ4n) is 2.19. The number of nitrogens with zero attached hydrogens (tertiary/aromatic N) is 1. The maximum atomic E-state index is 14.1. The smallest absolute Gasteiger partial charge is 0.172 e. The zero-order valence-corrected chi connectivity index (χ0v) is 12.7. The molecule has 1 aliphatic carbocycles. The Bertz CT molecular complexity index is 689. The van der Waals surface area contributed by atoms with Crippen LogP contribution >= 0.6 is 0 Å². The first-order valence-corrected chi connectivity index (χ1v) is 6.97. The van der Waals surface area contributed by atoms with Gasteiger partial charge in [-0.15, -0.1) is 0 Å². The molecule has 0 aliphatic heterocycles. The van der Waals surface area contributed by atoms with Gasteiger partial charge in [0.1, 0.15) is 5.82 Å². The zero-order valence-electron chi connectivity index (χ0n) is 12.7. The number of hydrogen-bond donors (Lipinski definition) is 0. The first-order valence-electron chi connectivity index (χ1n) is 6.97. The Hall–Kier alpha value is -2.35. The van der Waals surface area contributed by atoms with E-state index in [1.165, 1.54) is 31.4 Å². The fraction of sp³-hybridized carbons (Fsp3) is 0.353. The zero-order chi connectivity index (χ0) is 16.3. The second-order valence-electron chi connectivity index (χ2n) is 5.34. The number of allylic oxidation sites excluding steroid dienone is 3. The Labute approximate surface area is 128 Å². The van der Waals surface area contributed by atoms with E-state index in [9.17, 15) is 8.78 Å². The molecule has 0 N–H and O–H groups in total. The predicted octanol–water partition coefficient (Wildman–Crippen LogP) is 4.45. The van der Waals surface area contributed by atoms with Crippen molar-refractivity contribution in [3.05, 3.63) is 47.3 Å². The third-order valence-electron chi connectivity index (χ3n) is 3.58. The van der Waals surface area contributed by atoms with Gasteiger partial charge >= 0.3 is 0 Å². The van der Waals surface area contributed by atoms with E-state index in [1.54, 1.807) is 6.92 Å². The first kappa shape index (κ1) is 16.0. The summed E-state index contributed by atoms with van der Waals surface area (Å²) in [4.78, 5) is 0. The van der Waals surface area contributed by atoms with Crippen molar-refractivity contribution < 1.29 is 18.3 Å². The predicted molar refractivity (Wildman–Crippen MR) is 78.6 cm³/mol. The molecule has 0 aromatic heterocycles. The summed E-state index contributed by atoms with van der Waals surface area (Å²) in [7, 11) is 1.44. The fourth-order valence-corrected chi connectivity index (χ4v) is 2.19. The third-order valence-corrected chi connectivity index (χ3v) is 3.58. The van der Waals surface area contributed by atoms with E-state index in [0.717, 1.165) is 0 Å². The minimum Gasteiger partial charge on any atom is -0.493 e. The van der Waals surface area contributed by atoms with Crippen LogP contribution in [0, 0.1) is 22.6 Å². The Morgan fingerprint density at radius 1 is 1.32 bits per heavy atom. The van der Waals surface area contributed by atoms with Crippen molar-refractivity contribution in [3.63, 3.8) is 0 Å². The molecule has 1 aromatic rings. The number of nitriles is 1. The molecule has 0 radical (unpaired) electrons. The first-order chi connectivity index (χ1) is 10.4. The average molecular weight is 305 g/mol. The van der Waals surface area contributed by atoms with Crippen LogP contribution in [0.5, 0.6) is 11.5 Å². The van der Waals surface area contributed by atoms with E-state index in [4.69, 9.17) is 14.7 Å². The lowest BCUT2D eigenvalue weighted by Gasteiger charge is -2.22. The molecule has 0 saturated carbocycles. The molecule has 1 atom stereocenters. The van der Waals surface area contributed by atoms with E-state index < -0.39 is 17.1 Å². The Kier molecular flexibility index (Phi) is 4.51. The third kappa shape index (κ3) is 3.11. The second-order valence-corrected chi connectivity index (χ2v) is 5.34. The van der Waals surface area contributed by atoms with Crippen LogP contribution in [0.15, 0.2) is 35.9 Å². The van der Waals surface area contributed by atoms with Gasteiger partial charge in [0.05, 0.1) is 18.6 Å². The van der Waals surface area contributed by atoms with Crippen molar-refractivity contribution >= 4 is 0 Å². The van der Waals surface area contributed by atoms with Crippen molar-refractivity contribution in [2.75, 3.05) is 7.11 Å². The molecular formula is C17H17F2NO2. The summed E-state index contributed by atoms with van der Waals surface area (Å²) in [6.07, 6.45) is 3.54. The molecule has 1 aromatic carbocycles. The number of ether oxygens (including phenoxy) is 2. The molecule has 2 rings (SSSR count). The lowest BCUT2D eigenvalue weighted by molar-refractivity contribution is 0.341. The molecule has 5 heteroatoms. The molecule has 0 spiro atoms. The lowest BCUT2D eigenvalue weighted by atomic mass is 9.85. The number of rotatable bonds is 4. The van der Waals surface area contributed by atoms with E-state index in [-0.39, 0.29) is 11.5 Å². The van der Waals surface area contributed by atoms with E-state index in [1.807, 2.05) is 13.0 Å². The van der Waals surface area contributed by atoms with Gasteiger partial charge in [0.2, 0.25) is 0 Å². The van der Waals surface area contributed by atoms with Crippen molar-refractivity contribution in [1.29, 1.82) is 5.26 Å². The maximum Gasteiger partial charge on any atom is 0.172 e. The number of methoxy groups -OCH3 is 1. The highest BCUT2D eigenvalue weighted by atomic mass is 19.1. The van der Waals surface area contributed by atoms with Crippen molar-refractivity contribution in [2.45, 2.75) is 26.7 Å². The second kappa shape index (κ2) is 6.18. The summed E-state index contributed by atoms with van der Waals surface area (Å²) < 4.78 is 38.6. The van der Waals surface area contributed by atoms with Gasteiger partial charge in [-0.2, -0.15) is 5.26 Å². The van der Waals surface area contributed by atoms with Crippen LogP contribution in [0.4, 0.5) is 8.78 Å². The number of halogens is 2. The van der Waals surface area contributed by atoms with Gasteiger partial charge in [0.15, 0.2) is 23.1 Å². The Balaban J connectivity index is 2.31. The van der Waals surface area contributed by atoms with Gasteiger partial charge in [-0.1, -0.05) is 6.92 Å². The van der Waals surface area contributed by atoms with Crippen LogP contribution in [0.3, 0.4) is 0 Å². The summed E-state index contributed by atoms with van der Waals surface area (Å²) >= 11 is 0. The molecule has 22 heavy (non-hydrogen) atoms. The van der Waals surface area contributed by atoms with E-state index in [2.05, 4.69) is 0 Å². The van der Waals surface area contributed by atoms with E-state index >= 15 is 0 Å². The summed E-state index contributed by atoms with van der Waals surface area (Å²) in [5.74, 6) is -0.666. The quantitative estimate of drug-likeness (QED) is 0.825. The van der Waals surface area contributed by atoms with Crippen LogP contribution < -0.4 is 9.47 Å². The standard InChI is InChI=1S/C17H17F2NO2/c1-4-11-7-15(21-3)16(8-12(11)18)22-14-5-6-17(2,10-20)9-13(14)19/h5,7-9H,4,6H2,1-3H3. The molecule has 0 saturated heterocycles. The van der Waals surface area contributed by atoms with Gasteiger partial charge < -0.3 is 9.47 Å². The highest BCUT2D eigenvalue weighted by Gasteiger charge is 2.28. The molecule has 116 valence electrons. The highest BCUT2D eigenvalue weighted by Crippen LogP contribution is 2.37. The van der Waals surface area contributed by atoms with Gasteiger partial charge in [-0.25, -0.2) is 8.78 Å². The lowest BCUT2D eigenvalue weighted by Crippen LogP contribution is -2.15. The summed E-state index contributed by atoms with van der Waals surface area (Å²) in [6.45, 7) is 3.46. The number of hydrogen-bond acceptors (Lipinski definition) is 3. The molecule has 1 unspecified atom stereocenters. The van der Waals surface area contributed by atoms with Crippen LogP contribution in [0.2, 0.25) is 0 Å². The van der Waals surface area contributed by atoms with Crippen LogP contribution in [-0.2, 0) is 6.42 Å². The van der Waals surface area contributed by atoms with Gasteiger partial charge in [-0.3, -0.25) is 0 Å². The molecule has 0 fully saturated rings. The van der Waals surface area contributed by atoms with Crippen molar-refractivity contribution in [1.82, 2.24) is 0 Å². The molecular weight excluding hydrogens is 288 g/mol. The minimum atomic E-state index is -0.891. The molecule has 3 nitrogen and oxygen atoms in total. The monoisotopic (exact) mass is 305 g/mol. The SMILES string of the molecule is CCc1cc(OC)c(OC2=CCC(C)(C#N)C=C2F)cc1F. The van der Waals surface area contributed by atoms with Gasteiger partial charge in [-0.05, 0) is 43.5 Å². The van der Waals surface area contributed by atoms with Crippen molar-refractivity contribution in [3.8, 4) is 17.6 Å².